The summed E-state index contributed by atoms with van der Waals surface area (Å²) in [5.41, 5.74) is 7.79. The fourth-order valence-corrected chi connectivity index (χ4v) is 2.44. The molecule has 0 amide bonds. The minimum Gasteiger partial charge on any atom is -0.495 e. The topological polar surface area (TPSA) is 35.2 Å². The smallest absolute Gasteiger partial charge is 0.137 e. The highest BCUT2D eigenvalue weighted by Gasteiger charge is 2.12. The molecule has 5 heteroatoms. The number of benzene rings is 2. The average molecular weight is 345 g/mol. The second-order valence-electron chi connectivity index (χ2n) is 4.05. The fraction of sp³-hybridized carbons (Fsp3) is 0.143. The summed E-state index contributed by atoms with van der Waals surface area (Å²) in [7, 11) is 1.55. The van der Waals surface area contributed by atoms with Crippen LogP contribution in [-0.4, -0.2) is 7.11 Å². The summed E-state index contributed by atoms with van der Waals surface area (Å²) in [6.45, 7) is 0. The van der Waals surface area contributed by atoms with Gasteiger partial charge in [-0.25, -0.2) is 4.39 Å². The quantitative estimate of drug-likeness (QED) is 0.901. The van der Waals surface area contributed by atoms with E-state index in [4.69, 9.17) is 22.1 Å². The second kappa shape index (κ2) is 5.90. The Bertz CT molecular complexity index is 606. The maximum absolute atomic E-state index is 13.2. The third-order valence-electron chi connectivity index (χ3n) is 2.84. The lowest BCUT2D eigenvalue weighted by Crippen LogP contribution is -2.12. The Kier molecular flexibility index (Phi) is 4.45. The third-order valence-corrected chi connectivity index (χ3v) is 3.74. The lowest BCUT2D eigenvalue weighted by atomic mass is 9.99. The van der Waals surface area contributed by atoms with Crippen LogP contribution in [0.1, 0.15) is 17.2 Å². The van der Waals surface area contributed by atoms with Crippen molar-refractivity contribution in [3.63, 3.8) is 0 Å². The van der Waals surface area contributed by atoms with E-state index in [0.29, 0.717) is 15.2 Å². The highest BCUT2D eigenvalue weighted by molar-refractivity contribution is 9.10. The first-order chi connectivity index (χ1) is 9.02. The van der Waals surface area contributed by atoms with Crippen molar-refractivity contribution in [2.24, 2.45) is 5.73 Å². The van der Waals surface area contributed by atoms with Gasteiger partial charge in [0.2, 0.25) is 0 Å². The van der Waals surface area contributed by atoms with Crippen molar-refractivity contribution in [1.29, 1.82) is 0 Å². The second-order valence-corrected chi connectivity index (χ2v) is 5.31. The predicted molar refractivity (Wildman–Crippen MR) is 78.1 cm³/mol. The summed E-state index contributed by atoms with van der Waals surface area (Å²) in [5, 5.41) is 0.497. The first-order valence-corrected chi connectivity index (χ1v) is 6.74. The van der Waals surface area contributed by atoms with Crippen LogP contribution >= 0.6 is 27.5 Å². The molecule has 0 saturated heterocycles. The molecule has 0 fully saturated rings. The van der Waals surface area contributed by atoms with Gasteiger partial charge in [0.25, 0.3) is 0 Å². The van der Waals surface area contributed by atoms with E-state index in [0.717, 1.165) is 11.1 Å². The molecule has 2 N–H and O–H groups in total. The highest BCUT2D eigenvalue weighted by Crippen LogP contribution is 2.30. The first kappa shape index (κ1) is 14.3. The van der Waals surface area contributed by atoms with Gasteiger partial charge < -0.3 is 10.5 Å². The fourth-order valence-electron chi connectivity index (χ4n) is 1.77. The van der Waals surface area contributed by atoms with Crippen molar-refractivity contribution in [1.82, 2.24) is 0 Å². The molecule has 0 bridgehead atoms. The van der Waals surface area contributed by atoms with Gasteiger partial charge in [-0.15, -0.1) is 0 Å². The Morgan fingerprint density at radius 3 is 2.42 bits per heavy atom. The van der Waals surface area contributed by atoms with Crippen molar-refractivity contribution in [2.75, 3.05) is 7.11 Å². The van der Waals surface area contributed by atoms with E-state index in [2.05, 4.69) is 15.9 Å². The van der Waals surface area contributed by atoms with E-state index in [1.54, 1.807) is 31.4 Å². The SMILES string of the molecule is COc1ccc(C(N)c2ccc(F)c(Br)c2)cc1Cl. The lowest BCUT2D eigenvalue weighted by molar-refractivity contribution is 0.415. The number of hydrogen-bond donors (Lipinski definition) is 1. The summed E-state index contributed by atoms with van der Waals surface area (Å²) >= 11 is 9.22. The van der Waals surface area contributed by atoms with Crippen LogP contribution in [0.2, 0.25) is 5.02 Å². The van der Waals surface area contributed by atoms with E-state index < -0.39 is 0 Å². The summed E-state index contributed by atoms with van der Waals surface area (Å²) < 4.78 is 18.7. The molecule has 1 unspecified atom stereocenters. The van der Waals surface area contributed by atoms with Crippen LogP contribution in [-0.2, 0) is 0 Å². The zero-order chi connectivity index (χ0) is 14.0. The van der Waals surface area contributed by atoms with Crippen LogP contribution in [0.3, 0.4) is 0 Å². The third kappa shape index (κ3) is 3.08. The van der Waals surface area contributed by atoms with Gasteiger partial charge in [0.05, 0.1) is 22.6 Å². The monoisotopic (exact) mass is 343 g/mol. The van der Waals surface area contributed by atoms with Crippen molar-refractivity contribution >= 4 is 27.5 Å². The van der Waals surface area contributed by atoms with Crippen LogP contribution in [0, 0.1) is 5.82 Å². The van der Waals surface area contributed by atoms with Gasteiger partial charge in [-0.05, 0) is 51.3 Å². The van der Waals surface area contributed by atoms with Crippen molar-refractivity contribution in [3.8, 4) is 5.75 Å². The molecule has 0 aliphatic carbocycles. The van der Waals surface area contributed by atoms with E-state index in [1.165, 1.54) is 6.07 Å². The molecule has 2 aromatic rings. The van der Waals surface area contributed by atoms with Crippen molar-refractivity contribution in [2.45, 2.75) is 6.04 Å². The molecule has 0 aliphatic rings. The van der Waals surface area contributed by atoms with Gasteiger partial charge in [0, 0.05) is 0 Å². The maximum Gasteiger partial charge on any atom is 0.137 e. The molecule has 0 aromatic heterocycles. The molecule has 2 rings (SSSR count). The standard InChI is InChI=1S/C14H12BrClFNO/c1-19-13-5-3-9(7-11(13)16)14(18)8-2-4-12(17)10(15)6-8/h2-7,14H,18H2,1H3. The number of hydrogen-bond acceptors (Lipinski definition) is 2. The predicted octanol–water partition coefficient (Wildman–Crippen LogP) is 4.30. The summed E-state index contributed by atoms with van der Waals surface area (Å²) in [5.74, 6) is 0.279. The molecule has 0 aliphatic heterocycles. The largest absolute Gasteiger partial charge is 0.495 e. The Hall–Kier alpha value is -1.10. The molecule has 2 nitrogen and oxygen atoms in total. The molecule has 19 heavy (non-hydrogen) atoms. The molecule has 0 heterocycles. The Labute approximate surface area is 124 Å². The summed E-state index contributed by atoms with van der Waals surface area (Å²) in [6.07, 6.45) is 0. The van der Waals surface area contributed by atoms with Crippen molar-refractivity contribution < 1.29 is 9.13 Å². The molecular weight excluding hydrogens is 333 g/mol. The normalized spacial score (nSPS) is 12.3. The van der Waals surface area contributed by atoms with Gasteiger partial charge in [0.1, 0.15) is 11.6 Å². The van der Waals surface area contributed by atoms with Crippen LogP contribution in [0.5, 0.6) is 5.75 Å². The molecule has 1 atom stereocenters. The van der Waals surface area contributed by atoms with Crippen LogP contribution in [0.15, 0.2) is 40.9 Å². The minimum atomic E-state index is -0.375. The van der Waals surface area contributed by atoms with Gasteiger partial charge in [-0.3, -0.25) is 0 Å². The molecular formula is C14H12BrClFNO. The van der Waals surface area contributed by atoms with Crippen molar-refractivity contribution in [3.05, 3.63) is 62.8 Å². The molecule has 0 radical (unpaired) electrons. The number of ether oxygens (including phenoxy) is 1. The molecule has 0 spiro atoms. The highest BCUT2D eigenvalue weighted by atomic mass is 79.9. The van der Waals surface area contributed by atoms with Gasteiger partial charge in [0.15, 0.2) is 0 Å². The molecule has 0 saturated carbocycles. The van der Waals surface area contributed by atoms with Gasteiger partial charge >= 0.3 is 0 Å². The first-order valence-electron chi connectivity index (χ1n) is 5.57. The van der Waals surface area contributed by atoms with E-state index in [-0.39, 0.29) is 11.9 Å². The van der Waals surface area contributed by atoms with Gasteiger partial charge in [-0.1, -0.05) is 23.7 Å². The summed E-state index contributed by atoms with van der Waals surface area (Å²) in [4.78, 5) is 0. The van der Waals surface area contributed by atoms with Crippen LogP contribution in [0.25, 0.3) is 0 Å². The zero-order valence-electron chi connectivity index (χ0n) is 10.2. The average Bonchev–Trinajstić information content (AvgIpc) is 2.41. The van der Waals surface area contributed by atoms with E-state index in [1.807, 2.05) is 6.07 Å². The Morgan fingerprint density at radius 2 is 1.84 bits per heavy atom. The maximum atomic E-state index is 13.2. The molecule has 100 valence electrons. The Morgan fingerprint density at radius 1 is 1.21 bits per heavy atom. The minimum absolute atomic E-state index is 0.316. The number of rotatable bonds is 3. The van der Waals surface area contributed by atoms with E-state index in [9.17, 15) is 4.39 Å². The zero-order valence-corrected chi connectivity index (χ0v) is 12.5. The Balaban J connectivity index is 2.35. The molecule has 2 aromatic carbocycles. The van der Waals surface area contributed by atoms with E-state index >= 15 is 0 Å². The number of halogens is 3. The van der Waals surface area contributed by atoms with Gasteiger partial charge in [-0.2, -0.15) is 0 Å². The lowest BCUT2D eigenvalue weighted by Gasteiger charge is -2.14. The van der Waals surface area contributed by atoms with Crippen LogP contribution < -0.4 is 10.5 Å². The number of methoxy groups -OCH3 is 1. The summed E-state index contributed by atoms with van der Waals surface area (Å²) in [6, 6.07) is 9.68. The number of nitrogens with two attached hydrogens (primary N) is 1. The van der Waals surface area contributed by atoms with Crippen LogP contribution in [0.4, 0.5) is 4.39 Å².